The van der Waals surface area contributed by atoms with Gasteiger partial charge in [-0.3, -0.25) is 4.52 Å². The van der Waals surface area contributed by atoms with Gasteiger partial charge in [-0.25, -0.2) is 8.96 Å². The predicted molar refractivity (Wildman–Crippen MR) is 132 cm³/mol. The molecule has 0 amide bonds. The number of aromatic nitrogens is 2. The van der Waals surface area contributed by atoms with Gasteiger partial charge in [-0.05, 0) is 45.0 Å². The first kappa shape index (κ1) is 28.0. The topological polar surface area (TPSA) is 161 Å². The van der Waals surface area contributed by atoms with Crippen LogP contribution >= 0.6 is 30.8 Å². The maximum absolute atomic E-state index is 14.7. The normalized spacial score (nSPS) is 13.3. The Morgan fingerprint density at radius 2 is 1.89 bits per heavy atom. The van der Waals surface area contributed by atoms with Crippen molar-refractivity contribution in [2.24, 2.45) is 5.73 Å². The lowest BCUT2D eigenvalue weighted by atomic mass is 10.1. The van der Waals surface area contributed by atoms with Crippen molar-refractivity contribution in [3.63, 3.8) is 0 Å². The standard InChI is InChI=1S/C22H23ClFN4O6PS/c1-11(2)33-19-5-4-13(6-14(19)9-25)21-27-28-22(36-21)15-7-17(24)20(8-16(15)23)32-10-18(26)12(3)34-35(29,30)31/h4-8,11-12,18H,10,26H2,1-3H3,(H2,29,30,31)/t12-,18-/m0/s1. The minimum Gasteiger partial charge on any atom is -0.490 e. The van der Waals surface area contributed by atoms with Crippen molar-refractivity contribution in [3.8, 4) is 38.7 Å². The molecule has 3 rings (SSSR count). The lowest BCUT2D eigenvalue weighted by Crippen LogP contribution is -2.39. The predicted octanol–water partition coefficient (Wildman–Crippen LogP) is 4.53. The molecule has 0 aliphatic rings. The highest BCUT2D eigenvalue weighted by molar-refractivity contribution is 7.46. The highest BCUT2D eigenvalue weighted by Crippen LogP contribution is 2.39. The molecule has 0 bridgehead atoms. The number of nitriles is 1. The van der Waals surface area contributed by atoms with Gasteiger partial charge in [-0.2, -0.15) is 5.26 Å². The number of phosphoric acid groups is 1. The summed E-state index contributed by atoms with van der Waals surface area (Å²) in [6.07, 6.45) is -1.14. The summed E-state index contributed by atoms with van der Waals surface area (Å²) >= 11 is 7.51. The molecule has 0 saturated carbocycles. The number of benzene rings is 2. The van der Waals surface area contributed by atoms with Crippen LogP contribution < -0.4 is 15.2 Å². The highest BCUT2D eigenvalue weighted by Gasteiger charge is 2.25. The van der Waals surface area contributed by atoms with E-state index in [1.807, 2.05) is 13.8 Å². The van der Waals surface area contributed by atoms with E-state index in [4.69, 9.17) is 36.6 Å². The zero-order valence-corrected chi connectivity index (χ0v) is 21.9. The molecular formula is C22H23ClFN4O6PS. The molecule has 14 heteroatoms. The number of ether oxygens (including phenoxy) is 2. The van der Waals surface area contributed by atoms with Gasteiger partial charge in [0.05, 0.1) is 28.8 Å². The summed E-state index contributed by atoms with van der Waals surface area (Å²) in [6, 6.07) is 8.62. The van der Waals surface area contributed by atoms with Crippen LogP contribution in [0.25, 0.3) is 21.1 Å². The van der Waals surface area contributed by atoms with Crippen molar-refractivity contribution in [1.29, 1.82) is 5.26 Å². The number of nitrogens with two attached hydrogens (primary N) is 1. The molecule has 0 unspecified atom stereocenters. The Kier molecular flexibility index (Phi) is 9.03. The zero-order valence-electron chi connectivity index (χ0n) is 19.4. The Bertz CT molecular complexity index is 1330. The lowest BCUT2D eigenvalue weighted by molar-refractivity contribution is 0.106. The molecule has 0 radical (unpaired) electrons. The van der Waals surface area contributed by atoms with Crippen LogP contribution in [0.15, 0.2) is 30.3 Å². The molecule has 192 valence electrons. The highest BCUT2D eigenvalue weighted by atomic mass is 35.5. The number of rotatable bonds is 10. The first-order valence-electron chi connectivity index (χ1n) is 10.5. The second kappa shape index (κ2) is 11.6. The molecule has 2 atom stereocenters. The Hall–Kier alpha value is -2.62. The van der Waals surface area contributed by atoms with Crippen LogP contribution in [0.3, 0.4) is 0 Å². The van der Waals surface area contributed by atoms with E-state index in [0.29, 0.717) is 26.9 Å². The third kappa shape index (κ3) is 7.21. The quantitative estimate of drug-likeness (QED) is 0.303. The van der Waals surface area contributed by atoms with Crippen LogP contribution in [0, 0.1) is 17.1 Å². The fraction of sp³-hybridized carbons (Fsp3) is 0.318. The van der Waals surface area contributed by atoms with Gasteiger partial charge in [0, 0.05) is 17.2 Å². The average molecular weight is 557 g/mol. The van der Waals surface area contributed by atoms with Crippen molar-refractivity contribution in [2.75, 3.05) is 6.61 Å². The summed E-state index contributed by atoms with van der Waals surface area (Å²) in [7, 11) is -4.73. The van der Waals surface area contributed by atoms with Crippen LogP contribution in [-0.4, -0.2) is 44.8 Å². The van der Waals surface area contributed by atoms with Gasteiger partial charge in [0.1, 0.15) is 28.4 Å². The molecule has 0 saturated heterocycles. The summed E-state index contributed by atoms with van der Waals surface area (Å²) in [4.78, 5) is 17.7. The molecule has 0 aliphatic heterocycles. The largest absolute Gasteiger partial charge is 0.490 e. The van der Waals surface area contributed by atoms with Crippen molar-refractivity contribution >= 4 is 30.8 Å². The lowest BCUT2D eigenvalue weighted by Gasteiger charge is -2.21. The van der Waals surface area contributed by atoms with Gasteiger partial charge < -0.3 is 25.0 Å². The van der Waals surface area contributed by atoms with E-state index >= 15 is 0 Å². The van der Waals surface area contributed by atoms with Crippen LogP contribution in [0.2, 0.25) is 5.02 Å². The van der Waals surface area contributed by atoms with Crippen LogP contribution in [0.5, 0.6) is 11.5 Å². The maximum atomic E-state index is 14.7. The maximum Gasteiger partial charge on any atom is 0.469 e. The molecule has 10 nitrogen and oxygen atoms in total. The molecule has 0 spiro atoms. The van der Waals surface area contributed by atoms with Gasteiger partial charge in [0.15, 0.2) is 11.6 Å². The fourth-order valence-electron chi connectivity index (χ4n) is 2.98. The third-order valence-corrected chi connectivity index (χ3v) is 6.65. The van der Waals surface area contributed by atoms with E-state index in [0.717, 1.165) is 17.4 Å². The van der Waals surface area contributed by atoms with Crippen LogP contribution in [0.4, 0.5) is 4.39 Å². The Balaban J connectivity index is 1.78. The Labute approximate surface area is 215 Å². The minimum absolute atomic E-state index is 0.0905. The van der Waals surface area contributed by atoms with Gasteiger partial charge in [0.2, 0.25) is 0 Å². The number of halogens is 2. The first-order chi connectivity index (χ1) is 16.9. The zero-order chi connectivity index (χ0) is 26.6. The van der Waals surface area contributed by atoms with Crippen molar-refractivity contribution in [2.45, 2.75) is 39.0 Å². The first-order valence-corrected chi connectivity index (χ1v) is 13.3. The van der Waals surface area contributed by atoms with Crippen LogP contribution in [-0.2, 0) is 9.09 Å². The Morgan fingerprint density at radius 1 is 1.19 bits per heavy atom. The molecule has 36 heavy (non-hydrogen) atoms. The second-order valence-corrected chi connectivity index (χ2v) is 10.5. The van der Waals surface area contributed by atoms with Crippen molar-refractivity contribution < 1.29 is 32.7 Å². The number of hydrogen-bond donors (Lipinski definition) is 3. The number of phosphoric ester groups is 1. The smallest absolute Gasteiger partial charge is 0.469 e. The average Bonchev–Trinajstić information content (AvgIpc) is 3.27. The summed E-state index contributed by atoms with van der Waals surface area (Å²) in [5.41, 5.74) is 7.08. The molecule has 1 aromatic heterocycles. The second-order valence-electron chi connectivity index (χ2n) is 7.94. The molecule has 2 aromatic carbocycles. The van der Waals surface area contributed by atoms with Gasteiger partial charge in [-0.15, -0.1) is 10.2 Å². The van der Waals surface area contributed by atoms with Gasteiger partial charge >= 0.3 is 7.82 Å². The molecular weight excluding hydrogens is 534 g/mol. The van der Waals surface area contributed by atoms with Crippen molar-refractivity contribution in [3.05, 3.63) is 46.7 Å². The van der Waals surface area contributed by atoms with Gasteiger partial charge in [-0.1, -0.05) is 22.9 Å². The Morgan fingerprint density at radius 3 is 2.53 bits per heavy atom. The number of nitrogens with zero attached hydrogens (tertiary/aromatic N) is 3. The summed E-state index contributed by atoms with van der Waals surface area (Å²) in [6.45, 7) is 4.80. The molecule has 4 N–H and O–H groups in total. The molecule has 1 heterocycles. The van der Waals surface area contributed by atoms with E-state index in [1.54, 1.807) is 18.2 Å². The van der Waals surface area contributed by atoms with E-state index in [-0.39, 0.29) is 29.0 Å². The minimum atomic E-state index is -4.73. The van der Waals surface area contributed by atoms with E-state index < -0.39 is 25.8 Å². The summed E-state index contributed by atoms with van der Waals surface area (Å²) in [5.74, 6) is -0.486. The third-order valence-electron chi connectivity index (χ3n) is 4.72. The van der Waals surface area contributed by atoms with Crippen LogP contribution in [0.1, 0.15) is 26.3 Å². The summed E-state index contributed by atoms with van der Waals surface area (Å²) in [5, 5.41) is 18.7. The monoisotopic (exact) mass is 556 g/mol. The van der Waals surface area contributed by atoms with E-state index in [2.05, 4.69) is 20.8 Å². The fourth-order valence-corrected chi connectivity index (χ4v) is 4.73. The molecule has 0 aliphatic carbocycles. The van der Waals surface area contributed by atoms with E-state index in [9.17, 15) is 14.2 Å². The van der Waals surface area contributed by atoms with Crippen molar-refractivity contribution in [1.82, 2.24) is 10.2 Å². The molecule has 0 fully saturated rings. The summed E-state index contributed by atoms with van der Waals surface area (Å²) < 4.78 is 41.2. The SMILES string of the molecule is CC(C)Oc1ccc(-c2nnc(-c3cc(F)c(OC[C@H](N)[C@H](C)OP(=O)(O)O)cc3Cl)s2)cc1C#N. The van der Waals surface area contributed by atoms with Gasteiger partial charge in [0.25, 0.3) is 0 Å². The molecule has 3 aromatic rings. The van der Waals surface area contributed by atoms with E-state index in [1.165, 1.54) is 13.0 Å². The number of hydrogen-bond acceptors (Lipinski definition) is 9.